The molecule has 0 spiro atoms. The Kier molecular flexibility index (Phi) is 4.74. The first-order valence-electron chi connectivity index (χ1n) is 10.5. The molecule has 3 aliphatic rings. The first-order valence-corrected chi connectivity index (χ1v) is 11.4. The molecule has 2 heterocycles. The highest BCUT2D eigenvalue weighted by Gasteiger charge is 2.38. The minimum Gasteiger partial charge on any atom is -0.497 e. The van der Waals surface area contributed by atoms with Gasteiger partial charge in [-0.2, -0.15) is 0 Å². The molecule has 0 radical (unpaired) electrons. The summed E-state index contributed by atoms with van der Waals surface area (Å²) < 4.78 is 22.9. The van der Waals surface area contributed by atoms with Gasteiger partial charge in [0.25, 0.3) is 5.56 Å². The summed E-state index contributed by atoms with van der Waals surface area (Å²) in [5.74, 6) is -0.0778. The van der Waals surface area contributed by atoms with Crippen LogP contribution in [-0.2, 0) is 17.6 Å². The summed E-state index contributed by atoms with van der Waals surface area (Å²) in [6.07, 6.45) is 3.24. The van der Waals surface area contributed by atoms with Crippen molar-refractivity contribution in [2.45, 2.75) is 57.2 Å². The standard InChI is InChI=1S/C22H26FN3O3S/c1-10-16(15-8-12-7-11(9-24)3-6-14(12)30-15)18(23)20(29-2)17-19(10)26(13-4-5-13)22(28)25-21(17)27/h8,11,13,16,18H,3-7,9,24H2,1-2H3,(H,25,27,28). The largest absolute Gasteiger partial charge is 0.497 e. The van der Waals surface area contributed by atoms with Gasteiger partial charge in [-0.1, -0.05) is 0 Å². The maximum atomic E-state index is 15.8. The number of H-pyrrole nitrogens is 1. The van der Waals surface area contributed by atoms with Gasteiger partial charge in [-0.3, -0.25) is 14.3 Å². The van der Waals surface area contributed by atoms with Gasteiger partial charge in [0.1, 0.15) is 11.0 Å². The summed E-state index contributed by atoms with van der Waals surface area (Å²) in [5.41, 5.74) is 6.85. The molecule has 0 saturated heterocycles. The fourth-order valence-electron chi connectivity index (χ4n) is 5.05. The van der Waals surface area contributed by atoms with Crippen molar-refractivity contribution in [3.63, 3.8) is 0 Å². The second-order valence-corrected chi connectivity index (χ2v) is 9.82. The Bertz CT molecular complexity index is 1250. The molecular formula is C22H26FN3O3S. The van der Waals surface area contributed by atoms with Crippen LogP contribution in [-0.4, -0.2) is 29.4 Å². The highest BCUT2D eigenvalue weighted by molar-refractivity contribution is 7.12. The van der Waals surface area contributed by atoms with Crippen LogP contribution in [0.2, 0.25) is 0 Å². The molecule has 0 amide bonds. The SMILES string of the molecule is COC1=c2c(=O)[nH]c(=O)n(C3CC3)c2=C(C)C(c2cc3c(s2)CCC(CN)C3)C1F. The maximum absolute atomic E-state index is 15.8. The van der Waals surface area contributed by atoms with Gasteiger partial charge in [-0.05, 0) is 68.7 Å². The molecule has 160 valence electrons. The Labute approximate surface area is 176 Å². The Morgan fingerprint density at radius 2 is 2.10 bits per heavy atom. The summed E-state index contributed by atoms with van der Waals surface area (Å²) in [5, 5.41) is 0.697. The van der Waals surface area contributed by atoms with Gasteiger partial charge in [-0.25, -0.2) is 9.18 Å². The minimum absolute atomic E-state index is 0.0162. The summed E-state index contributed by atoms with van der Waals surface area (Å²) in [7, 11) is 1.39. The molecule has 5 rings (SSSR count). The van der Waals surface area contributed by atoms with E-state index in [-0.39, 0.29) is 17.0 Å². The van der Waals surface area contributed by atoms with E-state index in [4.69, 9.17) is 10.5 Å². The summed E-state index contributed by atoms with van der Waals surface area (Å²) in [4.78, 5) is 29.9. The third kappa shape index (κ3) is 2.92. The molecule has 3 N–H and O–H groups in total. The van der Waals surface area contributed by atoms with E-state index in [9.17, 15) is 9.59 Å². The number of hydrogen-bond acceptors (Lipinski definition) is 5. The van der Waals surface area contributed by atoms with E-state index in [1.165, 1.54) is 17.6 Å². The predicted molar refractivity (Wildman–Crippen MR) is 115 cm³/mol. The van der Waals surface area contributed by atoms with E-state index in [0.717, 1.165) is 42.6 Å². The van der Waals surface area contributed by atoms with E-state index < -0.39 is 23.3 Å². The Morgan fingerprint density at radius 1 is 1.33 bits per heavy atom. The molecule has 1 fully saturated rings. The number of thiophene rings is 1. The molecule has 3 aliphatic carbocycles. The van der Waals surface area contributed by atoms with Gasteiger partial charge < -0.3 is 10.5 Å². The van der Waals surface area contributed by atoms with E-state index >= 15 is 4.39 Å². The Hall–Kier alpha value is -2.19. The normalized spacial score (nSPS) is 25.8. The molecule has 0 bridgehead atoms. The van der Waals surface area contributed by atoms with Crippen LogP contribution in [0.15, 0.2) is 15.7 Å². The van der Waals surface area contributed by atoms with Crippen molar-refractivity contribution in [1.82, 2.24) is 9.55 Å². The predicted octanol–water partition coefficient (Wildman–Crippen LogP) is 1.06. The quantitative estimate of drug-likeness (QED) is 0.758. The number of fused-ring (bicyclic) bond motifs is 2. The number of aryl methyl sites for hydroxylation is 1. The molecule has 2 aromatic rings. The highest BCUT2D eigenvalue weighted by Crippen LogP contribution is 2.42. The molecule has 3 unspecified atom stereocenters. The van der Waals surface area contributed by atoms with Crippen LogP contribution >= 0.6 is 11.3 Å². The van der Waals surface area contributed by atoms with Gasteiger partial charge in [-0.15, -0.1) is 11.3 Å². The Balaban J connectivity index is 1.76. The van der Waals surface area contributed by atoms with Crippen LogP contribution in [0, 0.1) is 5.92 Å². The van der Waals surface area contributed by atoms with Crippen molar-refractivity contribution in [2.75, 3.05) is 13.7 Å². The highest BCUT2D eigenvalue weighted by atomic mass is 32.1. The van der Waals surface area contributed by atoms with Gasteiger partial charge in [0.05, 0.1) is 18.4 Å². The maximum Gasteiger partial charge on any atom is 0.329 e. The third-order valence-corrected chi connectivity index (χ3v) is 8.07. The van der Waals surface area contributed by atoms with E-state index in [0.29, 0.717) is 17.8 Å². The molecule has 8 heteroatoms. The average Bonchev–Trinajstić information content (AvgIpc) is 3.47. The zero-order valence-electron chi connectivity index (χ0n) is 17.2. The number of hydrogen-bond donors (Lipinski definition) is 2. The molecular weight excluding hydrogens is 405 g/mol. The monoisotopic (exact) mass is 431 g/mol. The number of aromatic nitrogens is 2. The number of nitrogens with two attached hydrogens (primary N) is 1. The van der Waals surface area contributed by atoms with E-state index in [1.807, 2.05) is 6.92 Å². The molecule has 1 saturated carbocycles. The van der Waals surface area contributed by atoms with Crippen LogP contribution in [0.1, 0.15) is 53.5 Å². The molecule has 30 heavy (non-hydrogen) atoms. The van der Waals surface area contributed by atoms with Crippen LogP contribution in [0.5, 0.6) is 0 Å². The number of aromatic amines is 1. The van der Waals surface area contributed by atoms with Crippen molar-refractivity contribution in [2.24, 2.45) is 11.7 Å². The van der Waals surface area contributed by atoms with Gasteiger partial charge >= 0.3 is 5.69 Å². The number of ether oxygens (including phenoxy) is 1. The number of nitrogens with zero attached hydrogens (tertiary/aromatic N) is 1. The van der Waals surface area contributed by atoms with Crippen molar-refractivity contribution in [1.29, 1.82) is 0 Å². The van der Waals surface area contributed by atoms with Crippen molar-refractivity contribution in [3.05, 3.63) is 52.8 Å². The number of rotatable bonds is 4. The van der Waals surface area contributed by atoms with Crippen LogP contribution < -0.4 is 27.6 Å². The smallest absolute Gasteiger partial charge is 0.329 e. The molecule has 2 aromatic heterocycles. The fourth-order valence-corrected chi connectivity index (χ4v) is 6.45. The number of halogens is 1. The zero-order chi connectivity index (χ0) is 21.2. The summed E-state index contributed by atoms with van der Waals surface area (Å²) in [6, 6.07) is 2.16. The fraction of sp³-hybridized carbons (Fsp3) is 0.545. The topological polar surface area (TPSA) is 90.1 Å². The first kappa shape index (κ1) is 19.8. The lowest BCUT2D eigenvalue weighted by molar-refractivity contribution is 0.259. The summed E-state index contributed by atoms with van der Waals surface area (Å²) >= 11 is 1.64. The van der Waals surface area contributed by atoms with Crippen molar-refractivity contribution >= 4 is 22.7 Å². The second kappa shape index (κ2) is 7.20. The van der Waals surface area contributed by atoms with Crippen LogP contribution in [0.3, 0.4) is 0 Å². The zero-order valence-corrected chi connectivity index (χ0v) is 18.0. The van der Waals surface area contributed by atoms with Crippen LogP contribution in [0.25, 0.3) is 11.3 Å². The summed E-state index contributed by atoms with van der Waals surface area (Å²) in [6.45, 7) is 2.51. The average molecular weight is 432 g/mol. The Morgan fingerprint density at radius 3 is 2.77 bits per heavy atom. The van der Waals surface area contributed by atoms with Crippen molar-refractivity contribution < 1.29 is 9.13 Å². The third-order valence-electron chi connectivity index (χ3n) is 6.75. The van der Waals surface area contributed by atoms with E-state index in [1.54, 1.807) is 15.9 Å². The lowest BCUT2D eigenvalue weighted by atomic mass is 9.85. The molecule has 6 nitrogen and oxygen atoms in total. The van der Waals surface area contributed by atoms with Gasteiger partial charge in [0, 0.05) is 15.8 Å². The lowest BCUT2D eigenvalue weighted by Crippen LogP contribution is -2.58. The molecule has 0 aliphatic heterocycles. The molecule has 3 atom stereocenters. The number of nitrogens with one attached hydrogen (secondary N) is 1. The van der Waals surface area contributed by atoms with Crippen LogP contribution in [0.4, 0.5) is 4.39 Å². The number of alkyl halides is 1. The minimum atomic E-state index is -1.47. The second-order valence-electron chi connectivity index (χ2n) is 8.66. The van der Waals surface area contributed by atoms with Crippen molar-refractivity contribution in [3.8, 4) is 0 Å². The van der Waals surface area contributed by atoms with E-state index in [2.05, 4.69) is 11.1 Å². The number of methoxy groups -OCH3 is 1. The van der Waals surface area contributed by atoms with Gasteiger partial charge in [0.2, 0.25) is 0 Å². The first-order chi connectivity index (χ1) is 14.4. The molecule has 0 aromatic carbocycles. The van der Waals surface area contributed by atoms with Gasteiger partial charge in [0.15, 0.2) is 6.17 Å². The lowest BCUT2D eigenvalue weighted by Gasteiger charge is -2.27.